The zero-order valence-electron chi connectivity index (χ0n) is 16.7. The molecule has 0 bridgehead atoms. The van der Waals surface area contributed by atoms with Gasteiger partial charge in [0.2, 0.25) is 5.75 Å². The van der Waals surface area contributed by atoms with E-state index in [0.717, 1.165) is 0 Å². The Morgan fingerprint density at radius 1 is 1.00 bits per heavy atom. The third kappa shape index (κ3) is 5.12. The molecule has 0 aliphatic rings. The highest BCUT2D eigenvalue weighted by molar-refractivity contribution is 5.97. The van der Waals surface area contributed by atoms with Gasteiger partial charge in [0.05, 0.1) is 19.8 Å². The van der Waals surface area contributed by atoms with Gasteiger partial charge in [0.15, 0.2) is 11.5 Å². The van der Waals surface area contributed by atoms with Gasteiger partial charge in [-0.15, -0.1) is 0 Å². The molecule has 0 fully saturated rings. The summed E-state index contributed by atoms with van der Waals surface area (Å²) >= 11 is 0. The second-order valence-electron chi connectivity index (χ2n) is 6.06. The van der Waals surface area contributed by atoms with Gasteiger partial charge in [-0.1, -0.05) is 6.07 Å². The molecule has 27 heavy (non-hydrogen) atoms. The standard InChI is InChI=1S/C21H28N2O4/c1-6-25-17-13-16(14-18(26-7-2)20(17)27-8-3)21(24)23-12-10-9-11-19(23)22-15(4)5/h9-15H,6-8H2,1-5H3. The van der Waals surface area contributed by atoms with Gasteiger partial charge in [0.1, 0.15) is 5.49 Å². The fraction of sp³-hybridized carbons (Fsp3) is 0.429. The first kappa shape index (κ1) is 20.6. The van der Waals surface area contributed by atoms with E-state index in [1.54, 1.807) is 24.4 Å². The summed E-state index contributed by atoms with van der Waals surface area (Å²) in [5, 5.41) is 0. The highest BCUT2D eigenvalue weighted by Gasteiger charge is 2.19. The van der Waals surface area contributed by atoms with E-state index in [-0.39, 0.29) is 11.9 Å². The Labute approximate surface area is 160 Å². The highest BCUT2D eigenvalue weighted by atomic mass is 16.5. The number of benzene rings is 1. The van der Waals surface area contributed by atoms with Gasteiger partial charge in [-0.2, -0.15) is 0 Å². The van der Waals surface area contributed by atoms with Crippen LogP contribution in [0.15, 0.2) is 41.5 Å². The van der Waals surface area contributed by atoms with Crippen LogP contribution < -0.4 is 19.7 Å². The number of hydrogen-bond donors (Lipinski definition) is 0. The molecule has 1 heterocycles. The SMILES string of the molecule is CCOc1cc(C(=O)n2ccccc2=NC(C)C)cc(OCC)c1OCC. The van der Waals surface area contributed by atoms with Crippen molar-refractivity contribution in [2.45, 2.75) is 40.7 Å². The molecule has 0 amide bonds. The van der Waals surface area contributed by atoms with Gasteiger partial charge < -0.3 is 14.2 Å². The van der Waals surface area contributed by atoms with Gasteiger partial charge in [-0.25, -0.2) is 0 Å². The molecule has 0 saturated carbocycles. The van der Waals surface area contributed by atoms with E-state index < -0.39 is 0 Å². The van der Waals surface area contributed by atoms with Crippen LogP contribution in [0.4, 0.5) is 0 Å². The summed E-state index contributed by atoms with van der Waals surface area (Å²) in [5.74, 6) is 1.29. The third-order valence-electron chi connectivity index (χ3n) is 3.60. The van der Waals surface area contributed by atoms with Crippen molar-refractivity contribution in [1.29, 1.82) is 0 Å². The molecule has 0 saturated heterocycles. The summed E-state index contributed by atoms with van der Waals surface area (Å²) in [6.45, 7) is 11.0. The smallest absolute Gasteiger partial charge is 0.263 e. The van der Waals surface area contributed by atoms with Crippen LogP contribution in [0.1, 0.15) is 45.0 Å². The molecular formula is C21H28N2O4. The predicted molar refractivity (Wildman–Crippen MR) is 105 cm³/mol. The fourth-order valence-electron chi connectivity index (χ4n) is 2.63. The van der Waals surface area contributed by atoms with Crippen LogP contribution in [0, 0.1) is 0 Å². The topological polar surface area (TPSA) is 62.1 Å². The molecule has 1 aromatic carbocycles. The summed E-state index contributed by atoms with van der Waals surface area (Å²) in [7, 11) is 0. The number of carbonyl (C=O) groups excluding carboxylic acids is 1. The lowest BCUT2D eigenvalue weighted by Gasteiger charge is -2.17. The van der Waals surface area contributed by atoms with Crippen LogP contribution in [-0.4, -0.2) is 36.3 Å². The Kier molecular flexibility index (Phi) is 7.46. The van der Waals surface area contributed by atoms with Crippen molar-refractivity contribution in [1.82, 2.24) is 4.57 Å². The van der Waals surface area contributed by atoms with E-state index >= 15 is 0 Å². The molecule has 0 aliphatic carbocycles. The number of hydrogen-bond acceptors (Lipinski definition) is 5. The minimum absolute atomic E-state index is 0.0738. The number of nitrogens with zero attached hydrogens (tertiary/aromatic N) is 2. The molecule has 0 spiro atoms. The molecule has 0 radical (unpaired) electrons. The van der Waals surface area contributed by atoms with Crippen molar-refractivity contribution >= 4 is 5.91 Å². The number of pyridine rings is 1. The molecule has 0 N–H and O–H groups in total. The maximum atomic E-state index is 13.2. The summed E-state index contributed by atoms with van der Waals surface area (Å²) in [6.07, 6.45) is 1.71. The Hall–Kier alpha value is -2.76. The first-order valence-electron chi connectivity index (χ1n) is 9.34. The molecule has 1 aromatic heterocycles. The lowest BCUT2D eigenvalue weighted by Crippen LogP contribution is -2.28. The Bertz CT molecular complexity index is 813. The van der Waals surface area contributed by atoms with E-state index in [1.807, 2.05) is 46.8 Å². The van der Waals surface area contributed by atoms with Crippen LogP contribution in [0.2, 0.25) is 0 Å². The average molecular weight is 372 g/mol. The number of rotatable bonds is 8. The maximum Gasteiger partial charge on any atom is 0.263 e. The van der Waals surface area contributed by atoms with E-state index in [9.17, 15) is 4.79 Å². The van der Waals surface area contributed by atoms with E-state index in [4.69, 9.17) is 14.2 Å². The Morgan fingerprint density at radius 3 is 2.11 bits per heavy atom. The van der Waals surface area contributed by atoms with Gasteiger partial charge in [-0.3, -0.25) is 14.4 Å². The minimum Gasteiger partial charge on any atom is -0.490 e. The first-order chi connectivity index (χ1) is 13.0. The van der Waals surface area contributed by atoms with E-state index in [2.05, 4.69) is 4.99 Å². The number of aromatic nitrogens is 1. The molecule has 2 aromatic rings. The molecule has 0 atom stereocenters. The van der Waals surface area contributed by atoms with Gasteiger partial charge >= 0.3 is 0 Å². The van der Waals surface area contributed by atoms with Crippen LogP contribution in [-0.2, 0) is 0 Å². The highest BCUT2D eigenvalue weighted by Crippen LogP contribution is 2.39. The second-order valence-corrected chi connectivity index (χ2v) is 6.06. The van der Waals surface area contributed by atoms with Crippen LogP contribution >= 0.6 is 0 Å². The van der Waals surface area contributed by atoms with Crippen LogP contribution in [0.3, 0.4) is 0 Å². The van der Waals surface area contributed by atoms with Crippen molar-refractivity contribution in [2.75, 3.05) is 19.8 Å². The number of carbonyl (C=O) groups is 1. The molecule has 2 rings (SSSR count). The molecule has 6 nitrogen and oxygen atoms in total. The monoisotopic (exact) mass is 372 g/mol. The average Bonchev–Trinajstić information content (AvgIpc) is 2.64. The van der Waals surface area contributed by atoms with Crippen LogP contribution in [0.25, 0.3) is 0 Å². The van der Waals surface area contributed by atoms with Crippen molar-refractivity contribution in [3.8, 4) is 17.2 Å². The lowest BCUT2D eigenvalue weighted by molar-refractivity contribution is 0.0953. The first-order valence-corrected chi connectivity index (χ1v) is 9.34. The van der Waals surface area contributed by atoms with Crippen molar-refractivity contribution in [2.24, 2.45) is 4.99 Å². The zero-order valence-corrected chi connectivity index (χ0v) is 16.7. The van der Waals surface area contributed by atoms with Crippen molar-refractivity contribution in [3.05, 3.63) is 47.6 Å². The van der Waals surface area contributed by atoms with Gasteiger partial charge in [-0.05, 0) is 58.9 Å². The molecule has 6 heteroatoms. The van der Waals surface area contributed by atoms with Crippen molar-refractivity contribution in [3.63, 3.8) is 0 Å². The summed E-state index contributed by atoms with van der Waals surface area (Å²) in [6, 6.07) is 8.94. The van der Waals surface area contributed by atoms with Crippen molar-refractivity contribution < 1.29 is 19.0 Å². The zero-order chi connectivity index (χ0) is 19.8. The Balaban J connectivity index is 2.60. The molecular weight excluding hydrogens is 344 g/mol. The lowest BCUT2D eigenvalue weighted by atomic mass is 10.1. The second kappa shape index (κ2) is 9.80. The van der Waals surface area contributed by atoms with E-state index in [1.165, 1.54) is 4.57 Å². The predicted octanol–water partition coefficient (Wildman–Crippen LogP) is 3.68. The summed E-state index contributed by atoms with van der Waals surface area (Å²) in [5.41, 5.74) is 1.05. The fourth-order valence-corrected chi connectivity index (χ4v) is 2.63. The quantitative estimate of drug-likeness (QED) is 0.709. The van der Waals surface area contributed by atoms with E-state index in [0.29, 0.717) is 48.1 Å². The van der Waals surface area contributed by atoms with Gasteiger partial charge in [0.25, 0.3) is 5.91 Å². The Morgan fingerprint density at radius 2 is 1.59 bits per heavy atom. The summed E-state index contributed by atoms with van der Waals surface area (Å²) < 4.78 is 18.6. The van der Waals surface area contributed by atoms with Gasteiger partial charge in [0, 0.05) is 17.8 Å². The molecule has 0 aliphatic heterocycles. The minimum atomic E-state index is -0.208. The largest absolute Gasteiger partial charge is 0.490 e. The molecule has 146 valence electrons. The molecule has 0 unspecified atom stereocenters. The summed E-state index contributed by atoms with van der Waals surface area (Å²) in [4.78, 5) is 17.7. The number of ether oxygens (including phenoxy) is 3. The van der Waals surface area contributed by atoms with Crippen LogP contribution in [0.5, 0.6) is 17.2 Å². The maximum absolute atomic E-state index is 13.2. The third-order valence-corrected chi connectivity index (χ3v) is 3.60. The normalized spacial score (nSPS) is 11.6.